The summed E-state index contributed by atoms with van der Waals surface area (Å²) in [7, 11) is 0. The van der Waals surface area contributed by atoms with E-state index in [1.807, 2.05) is 19.1 Å². The Morgan fingerprint density at radius 1 is 1.69 bits per heavy atom. The van der Waals surface area contributed by atoms with Gasteiger partial charge in [-0.25, -0.2) is 0 Å². The van der Waals surface area contributed by atoms with E-state index < -0.39 is 0 Å². The monoisotopic (exact) mass is 280 g/mol. The van der Waals surface area contributed by atoms with Crippen LogP contribution in [0.15, 0.2) is 12.1 Å². The number of amides is 1. The summed E-state index contributed by atoms with van der Waals surface area (Å²) in [6.07, 6.45) is 0.934. The zero-order valence-electron chi connectivity index (χ0n) is 8.83. The van der Waals surface area contributed by atoms with Crippen molar-refractivity contribution in [2.75, 3.05) is 6.54 Å². The van der Waals surface area contributed by atoms with E-state index in [4.69, 9.17) is 11.6 Å². The quantitative estimate of drug-likeness (QED) is 0.893. The molecule has 0 saturated carbocycles. The Bertz CT molecular complexity index is 365. The van der Waals surface area contributed by atoms with Crippen molar-refractivity contribution < 1.29 is 4.79 Å². The molecular weight excluding hydrogens is 267 g/mol. The van der Waals surface area contributed by atoms with E-state index in [1.165, 1.54) is 11.3 Å². The van der Waals surface area contributed by atoms with E-state index in [1.54, 1.807) is 0 Å². The van der Waals surface area contributed by atoms with Crippen molar-refractivity contribution in [3.05, 3.63) is 21.3 Å². The van der Waals surface area contributed by atoms with Gasteiger partial charge in [0.1, 0.15) is 0 Å². The van der Waals surface area contributed by atoms with Crippen molar-refractivity contribution in [1.82, 2.24) is 10.6 Å². The third kappa shape index (κ3) is 3.10. The van der Waals surface area contributed by atoms with Gasteiger partial charge < -0.3 is 10.6 Å². The molecule has 1 aliphatic rings. The van der Waals surface area contributed by atoms with E-state index in [2.05, 4.69) is 10.6 Å². The predicted molar refractivity (Wildman–Crippen MR) is 69.5 cm³/mol. The molecule has 2 heterocycles. The van der Waals surface area contributed by atoms with Gasteiger partial charge in [-0.2, -0.15) is 0 Å². The Morgan fingerprint density at radius 3 is 2.81 bits per heavy atom. The van der Waals surface area contributed by atoms with Crippen molar-refractivity contribution in [3.63, 3.8) is 0 Å². The van der Waals surface area contributed by atoms with Crippen LogP contribution in [0, 0.1) is 0 Å². The third-order valence-electron chi connectivity index (χ3n) is 2.52. The van der Waals surface area contributed by atoms with Crippen molar-refractivity contribution >= 4 is 41.3 Å². The van der Waals surface area contributed by atoms with Crippen LogP contribution in [0.2, 0.25) is 4.34 Å². The largest absolute Gasteiger partial charge is 0.347 e. The maximum absolute atomic E-state index is 11.6. The molecule has 2 N–H and O–H groups in total. The van der Waals surface area contributed by atoms with Crippen LogP contribution in [0.25, 0.3) is 0 Å². The summed E-state index contributed by atoms with van der Waals surface area (Å²) >= 11 is 7.34. The number of hydrogen-bond acceptors (Lipinski definition) is 3. The normalized spacial score (nSPS) is 20.5. The highest BCUT2D eigenvalue weighted by atomic mass is 35.5. The zero-order chi connectivity index (χ0) is 10.8. The summed E-state index contributed by atoms with van der Waals surface area (Å²) < 4.78 is 0.757. The lowest BCUT2D eigenvalue weighted by molar-refractivity contribution is -0.125. The first kappa shape index (κ1) is 13.8. The molecule has 1 aromatic rings. The fourth-order valence-electron chi connectivity index (χ4n) is 1.46. The molecule has 0 aromatic carbocycles. The lowest BCUT2D eigenvalue weighted by atomic mass is 10.1. The molecule has 1 aromatic heterocycles. The average Bonchev–Trinajstić information content (AvgIpc) is 2.48. The number of halogens is 2. The van der Waals surface area contributed by atoms with Gasteiger partial charge in [0.15, 0.2) is 0 Å². The zero-order valence-corrected chi connectivity index (χ0v) is 11.2. The molecule has 0 aliphatic carbocycles. The van der Waals surface area contributed by atoms with Crippen molar-refractivity contribution in [2.45, 2.75) is 25.4 Å². The molecule has 0 spiro atoms. The smallest absolute Gasteiger partial charge is 0.237 e. The topological polar surface area (TPSA) is 41.1 Å². The molecule has 0 radical (unpaired) electrons. The molecule has 1 unspecified atom stereocenters. The Balaban J connectivity index is 0.00000128. The van der Waals surface area contributed by atoms with Crippen LogP contribution in [-0.4, -0.2) is 18.5 Å². The van der Waals surface area contributed by atoms with Crippen LogP contribution in [0.5, 0.6) is 0 Å². The molecule has 1 fully saturated rings. The van der Waals surface area contributed by atoms with Crippen LogP contribution in [0.3, 0.4) is 0 Å². The first-order chi connectivity index (χ1) is 7.16. The number of carbonyl (C=O) groups excluding carboxylic acids is 1. The minimum Gasteiger partial charge on any atom is -0.347 e. The summed E-state index contributed by atoms with van der Waals surface area (Å²) in [6.45, 7) is 2.91. The number of carbonyl (C=O) groups is 1. The van der Waals surface area contributed by atoms with Gasteiger partial charge in [-0.3, -0.25) is 4.79 Å². The second-order valence-corrected chi connectivity index (χ2v) is 5.41. The molecule has 1 saturated heterocycles. The Labute approximate surface area is 110 Å². The summed E-state index contributed by atoms with van der Waals surface area (Å²) in [6, 6.07) is 3.85. The van der Waals surface area contributed by atoms with Crippen LogP contribution >= 0.6 is 35.3 Å². The van der Waals surface area contributed by atoms with Gasteiger partial charge >= 0.3 is 0 Å². The Hall–Kier alpha value is -0.290. The van der Waals surface area contributed by atoms with Gasteiger partial charge in [0, 0.05) is 4.88 Å². The van der Waals surface area contributed by atoms with Gasteiger partial charge in [-0.15, -0.1) is 23.7 Å². The van der Waals surface area contributed by atoms with Gasteiger partial charge in [-0.1, -0.05) is 11.6 Å². The number of rotatable bonds is 3. The number of nitrogens with one attached hydrogen (secondary N) is 2. The summed E-state index contributed by atoms with van der Waals surface area (Å²) in [5, 5.41) is 6.03. The second-order valence-electron chi connectivity index (χ2n) is 3.67. The lowest BCUT2D eigenvalue weighted by Crippen LogP contribution is -2.53. The molecule has 16 heavy (non-hydrogen) atoms. The van der Waals surface area contributed by atoms with Gasteiger partial charge in [0.2, 0.25) is 5.91 Å². The van der Waals surface area contributed by atoms with E-state index >= 15 is 0 Å². The van der Waals surface area contributed by atoms with E-state index in [-0.39, 0.29) is 30.4 Å². The van der Waals surface area contributed by atoms with Crippen LogP contribution in [0.4, 0.5) is 0 Å². The van der Waals surface area contributed by atoms with Crippen molar-refractivity contribution in [3.8, 4) is 0 Å². The summed E-state index contributed by atoms with van der Waals surface area (Å²) in [4.78, 5) is 12.7. The molecule has 2 rings (SSSR count). The van der Waals surface area contributed by atoms with E-state index in [0.29, 0.717) is 0 Å². The Kier molecular flexibility index (Phi) is 5.05. The number of hydrogen-bond donors (Lipinski definition) is 2. The maximum atomic E-state index is 11.6. The highest BCUT2D eigenvalue weighted by Gasteiger charge is 2.25. The standard InChI is InChI=1S/C10H13ClN2OS.ClH/c1-6(8-2-3-9(11)15-8)13-10(14)7-4-5-12-7;/h2-3,6-7,12H,4-5H2,1H3,(H,13,14);1H/t6?,7-;/m1./s1. The molecule has 3 nitrogen and oxygen atoms in total. The molecule has 1 aliphatic heterocycles. The fourth-order valence-corrected chi connectivity index (χ4v) is 2.52. The van der Waals surface area contributed by atoms with E-state index in [0.717, 1.165) is 22.2 Å². The maximum Gasteiger partial charge on any atom is 0.237 e. The third-order valence-corrected chi connectivity index (χ3v) is 3.93. The molecule has 1 amide bonds. The molecular formula is C10H14Cl2N2OS. The average molecular weight is 281 g/mol. The van der Waals surface area contributed by atoms with Crippen LogP contribution in [-0.2, 0) is 4.79 Å². The summed E-state index contributed by atoms with van der Waals surface area (Å²) in [5.41, 5.74) is 0. The minimum absolute atomic E-state index is 0. The SMILES string of the molecule is CC(NC(=O)[C@H]1CCN1)c1ccc(Cl)s1.Cl. The second kappa shape index (κ2) is 5.87. The van der Waals surface area contributed by atoms with Crippen molar-refractivity contribution in [2.24, 2.45) is 0 Å². The summed E-state index contributed by atoms with van der Waals surface area (Å²) in [5.74, 6) is 0.0817. The van der Waals surface area contributed by atoms with E-state index in [9.17, 15) is 4.79 Å². The number of thiophene rings is 1. The van der Waals surface area contributed by atoms with Gasteiger partial charge in [-0.05, 0) is 32.0 Å². The molecule has 90 valence electrons. The van der Waals surface area contributed by atoms with Gasteiger partial charge in [0.05, 0.1) is 16.4 Å². The van der Waals surface area contributed by atoms with Gasteiger partial charge in [0.25, 0.3) is 0 Å². The molecule has 6 heteroatoms. The van der Waals surface area contributed by atoms with Crippen molar-refractivity contribution in [1.29, 1.82) is 0 Å². The molecule has 0 bridgehead atoms. The molecule has 2 atom stereocenters. The Morgan fingerprint density at radius 2 is 2.38 bits per heavy atom. The predicted octanol–water partition coefficient (Wildman–Crippen LogP) is 2.36. The first-order valence-corrected chi connectivity index (χ1v) is 6.15. The highest BCUT2D eigenvalue weighted by molar-refractivity contribution is 7.16. The fraction of sp³-hybridized carbons (Fsp3) is 0.500. The highest BCUT2D eigenvalue weighted by Crippen LogP contribution is 2.26. The minimum atomic E-state index is 0. The lowest BCUT2D eigenvalue weighted by Gasteiger charge is -2.27. The first-order valence-electron chi connectivity index (χ1n) is 4.96. The van der Waals surface area contributed by atoms with Crippen LogP contribution < -0.4 is 10.6 Å². The van der Waals surface area contributed by atoms with Crippen LogP contribution in [0.1, 0.15) is 24.3 Å².